The average molecular weight is 176 g/mol. The van der Waals surface area contributed by atoms with Crippen molar-refractivity contribution in [1.29, 1.82) is 0 Å². The van der Waals surface area contributed by atoms with Crippen molar-refractivity contribution in [3.05, 3.63) is 0 Å². The lowest BCUT2D eigenvalue weighted by Gasteiger charge is -2.32. The molecule has 0 aromatic carbocycles. The van der Waals surface area contributed by atoms with Crippen LogP contribution in [-0.2, 0) is 9.47 Å². The summed E-state index contributed by atoms with van der Waals surface area (Å²) in [6.45, 7) is 0.0577. The molecule has 2 aliphatic heterocycles. The second-order valence-electron chi connectivity index (χ2n) is 3.23. The maximum atomic E-state index is 9.83. The molecule has 2 aliphatic rings. The van der Waals surface area contributed by atoms with Gasteiger partial charge in [0.25, 0.3) is 0 Å². The van der Waals surface area contributed by atoms with Gasteiger partial charge in [0, 0.05) is 6.42 Å². The summed E-state index contributed by atoms with van der Waals surface area (Å²) >= 11 is 0. The molecule has 0 aliphatic carbocycles. The molecule has 5 heteroatoms. The summed E-state index contributed by atoms with van der Waals surface area (Å²) in [7, 11) is 0. The lowest BCUT2D eigenvalue weighted by atomic mass is 9.88. The third-order valence-electron chi connectivity index (χ3n) is 2.58. The Labute approximate surface area is 69.5 Å². The summed E-state index contributed by atoms with van der Waals surface area (Å²) in [4.78, 5) is 0. The van der Waals surface area contributed by atoms with E-state index in [1.54, 1.807) is 0 Å². The van der Waals surface area contributed by atoms with Crippen LogP contribution in [0.1, 0.15) is 6.42 Å². The molecule has 2 rings (SSSR count). The van der Waals surface area contributed by atoms with Crippen molar-refractivity contribution in [2.45, 2.75) is 30.5 Å². The molecule has 2 saturated heterocycles. The number of fused-ring (bicyclic) bond motifs is 2. The Morgan fingerprint density at radius 2 is 2.25 bits per heavy atom. The van der Waals surface area contributed by atoms with Gasteiger partial charge in [0.2, 0.25) is 0 Å². The van der Waals surface area contributed by atoms with Crippen LogP contribution in [0.4, 0.5) is 0 Å². The molecule has 70 valence electrons. The zero-order valence-electron chi connectivity index (χ0n) is 6.51. The second kappa shape index (κ2) is 2.65. The largest absolute Gasteiger partial charge is 0.394 e. The number of aliphatic hydroxyl groups excluding tert-OH is 2. The van der Waals surface area contributed by atoms with Gasteiger partial charge in [-0.1, -0.05) is 0 Å². The number of hydrogen-bond acceptors (Lipinski definition) is 5. The van der Waals surface area contributed by atoms with Crippen molar-refractivity contribution >= 4 is 0 Å². The van der Waals surface area contributed by atoms with Crippen molar-refractivity contribution in [2.75, 3.05) is 13.2 Å². The van der Waals surface area contributed by atoms with Gasteiger partial charge in [-0.3, -0.25) is 0 Å². The van der Waals surface area contributed by atoms with Crippen LogP contribution >= 0.6 is 0 Å². The van der Waals surface area contributed by atoms with Gasteiger partial charge < -0.3 is 24.8 Å². The van der Waals surface area contributed by atoms with Crippen LogP contribution in [0.25, 0.3) is 0 Å². The summed E-state index contributed by atoms with van der Waals surface area (Å²) < 4.78 is 10.1. The van der Waals surface area contributed by atoms with Gasteiger partial charge in [0.15, 0.2) is 6.29 Å². The van der Waals surface area contributed by atoms with Crippen LogP contribution in [0.2, 0.25) is 0 Å². The van der Waals surface area contributed by atoms with E-state index in [1.165, 1.54) is 0 Å². The highest BCUT2D eigenvalue weighted by Gasteiger charge is 2.57. The Kier molecular flexibility index (Phi) is 1.85. The van der Waals surface area contributed by atoms with Crippen molar-refractivity contribution in [3.63, 3.8) is 0 Å². The fourth-order valence-electron chi connectivity index (χ4n) is 1.76. The van der Waals surface area contributed by atoms with Gasteiger partial charge in [0.05, 0.1) is 13.2 Å². The standard InChI is InChI=1S/C7H12O5/c8-3-4-7(10)1-2-11-6(12-4)5(7)9/h4-6,8-10H,1-3H2/t4-,5?,6?,7?/m0/s1. The van der Waals surface area contributed by atoms with Gasteiger partial charge in [-0.25, -0.2) is 0 Å². The first-order valence-electron chi connectivity index (χ1n) is 3.97. The van der Waals surface area contributed by atoms with E-state index in [1.807, 2.05) is 0 Å². The Bertz CT molecular complexity index is 185. The van der Waals surface area contributed by atoms with Crippen LogP contribution in [-0.4, -0.2) is 52.6 Å². The zero-order chi connectivity index (χ0) is 8.77. The molecular formula is C7H12O5. The van der Waals surface area contributed by atoms with E-state index in [-0.39, 0.29) is 6.61 Å². The first-order chi connectivity index (χ1) is 5.68. The Hall–Kier alpha value is -0.200. The van der Waals surface area contributed by atoms with Crippen molar-refractivity contribution in [1.82, 2.24) is 0 Å². The number of hydrogen-bond donors (Lipinski definition) is 3. The molecule has 4 atom stereocenters. The zero-order valence-corrected chi connectivity index (χ0v) is 6.51. The van der Waals surface area contributed by atoms with Crippen LogP contribution < -0.4 is 0 Å². The van der Waals surface area contributed by atoms with Crippen LogP contribution in [0.15, 0.2) is 0 Å². The molecule has 0 spiro atoms. The molecule has 2 fully saturated rings. The van der Waals surface area contributed by atoms with Gasteiger partial charge in [-0.05, 0) is 0 Å². The fourth-order valence-corrected chi connectivity index (χ4v) is 1.76. The van der Waals surface area contributed by atoms with E-state index in [2.05, 4.69) is 0 Å². The topological polar surface area (TPSA) is 79.2 Å². The van der Waals surface area contributed by atoms with Crippen LogP contribution in [0.3, 0.4) is 0 Å². The maximum Gasteiger partial charge on any atom is 0.186 e. The lowest BCUT2D eigenvalue weighted by molar-refractivity contribution is -0.188. The number of ether oxygens (including phenoxy) is 2. The first-order valence-corrected chi connectivity index (χ1v) is 3.97. The Morgan fingerprint density at radius 3 is 2.83 bits per heavy atom. The average Bonchev–Trinajstić information content (AvgIpc) is 2.22. The maximum absolute atomic E-state index is 9.83. The smallest absolute Gasteiger partial charge is 0.186 e. The molecule has 0 aromatic rings. The predicted octanol–water partition coefficient (Wildman–Crippen LogP) is -1.78. The van der Waals surface area contributed by atoms with Crippen molar-refractivity contribution in [2.24, 2.45) is 0 Å². The van der Waals surface area contributed by atoms with Crippen molar-refractivity contribution < 1.29 is 24.8 Å². The minimum absolute atomic E-state index is 0.298. The molecule has 3 N–H and O–H groups in total. The van der Waals surface area contributed by atoms with Gasteiger partial charge in [-0.2, -0.15) is 0 Å². The molecule has 0 radical (unpaired) electrons. The van der Waals surface area contributed by atoms with Crippen molar-refractivity contribution in [3.8, 4) is 0 Å². The summed E-state index contributed by atoms with van der Waals surface area (Å²) in [6, 6.07) is 0. The van der Waals surface area contributed by atoms with Gasteiger partial charge in [0.1, 0.15) is 17.8 Å². The molecule has 2 heterocycles. The van der Waals surface area contributed by atoms with E-state index in [0.717, 1.165) is 0 Å². The summed E-state index contributed by atoms with van der Waals surface area (Å²) in [5, 5.41) is 28.1. The van der Waals surface area contributed by atoms with Crippen LogP contribution in [0.5, 0.6) is 0 Å². The highest BCUT2D eigenvalue weighted by molar-refractivity contribution is 5.03. The predicted molar refractivity (Wildman–Crippen MR) is 37.3 cm³/mol. The van der Waals surface area contributed by atoms with E-state index >= 15 is 0 Å². The summed E-state index contributed by atoms with van der Waals surface area (Å²) in [5.41, 5.74) is -1.32. The fraction of sp³-hybridized carbons (Fsp3) is 1.00. The van der Waals surface area contributed by atoms with E-state index < -0.39 is 24.1 Å². The van der Waals surface area contributed by atoms with E-state index in [4.69, 9.17) is 14.6 Å². The molecule has 2 bridgehead atoms. The molecule has 5 nitrogen and oxygen atoms in total. The molecule has 0 saturated carbocycles. The molecular weight excluding hydrogens is 164 g/mol. The summed E-state index contributed by atoms with van der Waals surface area (Å²) in [6.07, 6.45) is -2.24. The number of aliphatic hydroxyl groups is 3. The quantitative estimate of drug-likeness (QED) is 0.440. The molecule has 0 aromatic heterocycles. The van der Waals surface area contributed by atoms with Gasteiger partial charge >= 0.3 is 0 Å². The minimum Gasteiger partial charge on any atom is -0.394 e. The Morgan fingerprint density at radius 1 is 1.50 bits per heavy atom. The molecule has 3 unspecified atom stereocenters. The molecule has 12 heavy (non-hydrogen) atoms. The first kappa shape index (κ1) is 8.40. The van der Waals surface area contributed by atoms with Crippen LogP contribution in [0, 0.1) is 0 Å². The summed E-state index contributed by atoms with van der Waals surface area (Å²) in [5.74, 6) is 0. The minimum atomic E-state index is -1.32. The van der Waals surface area contributed by atoms with E-state index in [0.29, 0.717) is 13.0 Å². The second-order valence-corrected chi connectivity index (χ2v) is 3.23. The highest BCUT2D eigenvalue weighted by Crippen LogP contribution is 2.37. The third-order valence-corrected chi connectivity index (χ3v) is 2.58. The Balaban J connectivity index is 2.23. The monoisotopic (exact) mass is 176 g/mol. The lowest BCUT2D eigenvalue weighted by Crippen LogP contribution is -2.53. The normalized spacial score (nSPS) is 52.8. The number of rotatable bonds is 1. The SMILES string of the molecule is OC[C@@H]1OC2OCCC1(O)C2O. The van der Waals surface area contributed by atoms with Gasteiger partial charge in [-0.15, -0.1) is 0 Å². The third kappa shape index (κ3) is 0.915. The van der Waals surface area contributed by atoms with E-state index in [9.17, 15) is 10.2 Å². The molecule has 0 amide bonds. The highest BCUT2D eigenvalue weighted by atomic mass is 16.7.